The standard InChI is InChI=1S/C21H31N2O2/c1-16-5-2-3-6-19(16)22-13-4-11-21(15-22)12-14-23(20(21)25)17-7-9-18(24)10-8-17/h2,5-6,17-18,24H,3-4,7-15H2,1H3/t17-,18-,21-/m1/s1. The highest BCUT2D eigenvalue weighted by atomic mass is 16.3. The average molecular weight is 343 g/mol. The molecule has 25 heavy (non-hydrogen) atoms. The van der Waals surface area contributed by atoms with Crippen molar-refractivity contribution in [1.82, 2.24) is 9.80 Å². The Morgan fingerprint density at radius 3 is 2.72 bits per heavy atom. The van der Waals surface area contributed by atoms with Crippen LogP contribution in [-0.2, 0) is 4.79 Å². The number of hydrogen-bond acceptors (Lipinski definition) is 3. The predicted molar refractivity (Wildman–Crippen MR) is 98.6 cm³/mol. The summed E-state index contributed by atoms with van der Waals surface area (Å²) >= 11 is 0. The lowest BCUT2D eigenvalue weighted by atomic mass is 9.77. The fraction of sp³-hybridized carbons (Fsp3) is 0.714. The molecular formula is C21H31N2O2. The van der Waals surface area contributed by atoms with Crippen molar-refractivity contribution < 1.29 is 9.90 Å². The summed E-state index contributed by atoms with van der Waals surface area (Å²) < 4.78 is 0. The summed E-state index contributed by atoms with van der Waals surface area (Å²) in [5.41, 5.74) is 2.50. The second kappa shape index (κ2) is 6.79. The number of rotatable bonds is 2. The first-order valence-corrected chi connectivity index (χ1v) is 10.0. The highest BCUT2D eigenvalue weighted by Crippen LogP contribution is 2.44. The summed E-state index contributed by atoms with van der Waals surface area (Å²) in [5.74, 6) is 0.392. The van der Waals surface area contributed by atoms with E-state index in [-0.39, 0.29) is 11.5 Å². The van der Waals surface area contributed by atoms with Gasteiger partial charge < -0.3 is 14.9 Å². The number of carbonyl (C=O) groups is 1. The molecule has 1 radical (unpaired) electrons. The van der Waals surface area contributed by atoms with Crippen LogP contribution >= 0.6 is 0 Å². The Balaban J connectivity index is 1.47. The van der Waals surface area contributed by atoms with Crippen molar-refractivity contribution >= 4 is 5.91 Å². The maximum atomic E-state index is 13.4. The van der Waals surface area contributed by atoms with Crippen molar-refractivity contribution in [2.45, 2.75) is 70.4 Å². The topological polar surface area (TPSA) is 43.8 Å². The number of amides is 1. The molecule has 0 aromatic carbocycles. The van der Waals surface area contributed by atoms with E-state index in [9.17, 15) is 9.90 Å². The molecule has 0 aromatic heterocycles. The molecule has 1 N–H and O–H groups in total. The minimum atomic E-state index is -0.170. The van der Waals surface area contributed by atoms with Gasteiger partial charge in [0, 0.05) is 31.4 Å². The molecule has 3 fully saturated rings. The van der Waals surface area contributed by atoms with Crippen LogP contribution in [0.5, 0.6) is 0 Å². The van der Waals surface area contributed by atoms with Crippen molar-refractivity contribution in [2.24, 2.45) is 5.41 Å². The molecule has 2 heterocycles. The van der Waals surface area contributed by atoms with Crippen LogP contribution in [0.15, 0.2) is 23.4 Å². The van der Waals surface area contributed by atoms with E-state index in [1.807, 2.05) is 0 Å². The number of aliphatic hydroxyl groups is 1. The second-order valence-electron chi connectivity index (χ2n) is 8.43. The molecule has 0 aromatic rings. The molecule has 2 saturated heterocycles. The Kier molecular flexibility index (Phi) is 4.65. The van der Waals surface area contributed by atoms with E-state index in [1.165, 1.54) is 11.3 Å². The van der Waals surface area contributed by atoms with Gasteiger partial charge in [-0.25, -0.2) is 0 Å². The van der Waals surface area contributed by atoms with Crippen molar-refractivity contribution in [2.75, 3.05) is 19.6 Å². The lowest BCUT2D eigenvalue weighted by Crippen LogP contribution is -2.49. The van der Waals surface area contributed by atoms with Crippen LogP contribution in [0.25, 0.3) is 0 Å². The first-order chi connectivity index (χ1) is 12.1. The summed E-state index contributed by atoms with van der Waals surface area (Å²) in [4.78, 5) is 18.0. The third kappa shape index (κ3) is 3.14. The SMILES string of the molecule is CC1=C[CH]CC=C1N1CCC[C@@]2(CCN([C@H]3CC[C@H](O)CC3)C2=O)C1. The fourth-order valence-corrected chi connectivity index (χ4v) is 5.33. The molecule has 2 aliphatic carbocycles. The zero-order valence-corrected chi connectivity index (χ0v) is 15.4. The van der Waals surface area contributed by atoms with Gasteiger partial charge in [0.05, 0.1) is 11.5 Å². The molecule has 1 saturated carbocycles. The number of carbonyl (C=O) groups excluding carboxylic acids is 1. The maximum Gasteiger partial charge on any atom is 0.230 e. The lowest BCUT2D eigenvalue weighted by molar-refractivity contribution is -0.141. The van der Waals surface area contributed by atoms with Crippen LogP contribution in [0.1, 0.15) is 58.3 Å². The van der Waals surface area contributed by atoms with Gasteiger partial charge in [0.2, 0.25) is 5.91 Å². The maximum absolute atomic E-state index is 13.4. The third-order valence-corrected chi connectivity index (χ3v) is 6.79. The first kappa shape index (κ1) is 17.1. The quantitative estimate of drug-likeness (QED) is 0.838. The fourth-order valence-electron chi connectivity index (χ4n) is 5.33. The van der Waals surface area contributed by atoms with E-state index < -0.39 is 0 Å². The van der Waals surface area contributed by atoms with E-state index in [4.69, 9.17) is 0 Å². The molecule has 1 atom stereocenters. The molecule has 4 aliphatic rings. The van der Waals surface area contributed by atoms with Crippen LogP contribution in [-0.4, -0.2) is 52.6 Å². The number of likely N-dealkylation sites (tertiary alicyclic amines) is 2. The Labute approximate surface area is 151 Å². The van der Waals surface area contributed by atoms with E-state index in [2.05, 4.69) is 35.3 Å². The van der Waals surface area contributed by atoms with Crippen LogP contribution < -0.4 is 0 Å². The summed E-state index contributed by atoms with van der Waals surface area (Å²) in [5, 5.41) is 9.76. The van der Waals surface area contributed by atoms with Gasteiger partial charge in [0.15, 0.2) is 0 Å². The van der Waals surface area contributed by atoms with Crippen molar-refractivity contribution in [3.05, 3.63) is 29.8 Å². The minimum absolute atomic E-state index is 0.155. The minimum Gasteiger partial charge on any atom is -0.393 e. The Morgan fingerprint density at radius 2 is 1.96 bits per heavy atom. The molecule has 2 aliphatic heterocycles. The third-order valence-electron chi connectivity index (χ3n) is 6.79. The zero-order valence-electron chi connectivity index (χ0n) is 15.4. The summed E-state index contributed by atoms with van der Waals surface area (Å²) in [6, 6.07) is 0.357. The van der Waals surface area contributed by atoms with E-state index in [0.29, 0.717) is 11.9 Å². The Hall–Kier alpha value is -1.29. The monoisotopic (exact) mass is 343 g/mol. The van der Waals surface area contributed by atoms with Crippen LogP contribution in [0, 0.1) is 11.8 Å². The summed E-state index contributed by atoms with van der Waals surface area (Å²) in [6.07, 6.45) is 14.4. The van der Waals surface area contributed by atoms with Gasteiger partial charge in [-0.3, -0.25) is 4.79 Å². The average Bonchev–Trinajstić information content (AvgIpc) is 2.92. The molecule has 4 nitrogen and oxygen atoms in total. The Morgan fingerprint density at radius 1 is 1.16 bits per heavy atom. The van der Waals surface area contributed by atoms with Crippen LogP contribution in [0.2, 0.25) is 0 Å². The lowest BCUT2D eigenvalue weighted by Gasteiger charge is -2.43. The first-order valence-electron chi connectivity index (χ1n) is 10.0. The molecule has 4 rings (SSSR count). The van der Waals surface area contributed by atoms with Crippen molar-refractivity contribution in [1.29, 1.82) is 0 Å². The Bertz CT molecular complexity index is 589. The zero-order chi connectivity index (χ0) is 17.4. The smallest absolute Gasteiger partial charge is 0.230 e. The van der Waals surface area contributed by atoms with Gasteiger partial charge in [-0.05, 0) is 70.3 Å². The highest BCUT2D eigenvalue weighted by molar-refractivity contribution is 5.85. The normalized spacial score (nSPS) is 36.6. The van der Waals surface area contributed by atoms with Gasteiger partial charge in [0.1, 0.15) is 0 Å². The van der Waals surface area contributed by atoms with Crippen LogP contribution in [0.3, 0.4) is 0 Å². The molecule has 1 amide bonds. The predicted octanol–water partition coefficient (Wildman–Crippen LogP) is 3.04. The molecule has 137 valence electrons. The van der Waals surface area contributed by atoms with E-state index in [0.717, 1.165) is 71.0 Å². The van der Waals surface area contributed by atoms with Crippen molar-refractivity contribution in [3.63, 3.8) is 0 Å². The number of allylic oxidation sites excluding steroid dienone is 3. The molecular weight excluding hydrogens is 312 g/mol. The summed E-state index contributed by atoms with van der Waals surface area (Å²) in [6.45, 7) is 5.05. The van der Waals surface area contributed by atoms with E-state index in [1.54, 1.807) is 0 Å². The molecule has 1 spiro atoms. The second-order valence-corrected chi connectivity index (χ2v) is 8.43. The number of piperidine rings is 1. The molecule has 4 heteroatoms. The summed E-state index contributed by atoms with van der Waals surface area (Å²) in [7, 11) is 0. The van der Waals surface area contributed by atoms with Gasteiger partial charge in [-0.2, -0.15) is 0 Å². The van der Waals surface area contributed by atoms with E-state index >= 15 is 0 Å². The molecule has 0 bridgehead atoms. The van der Waals surface area contributed by atoms with Gasteiger partial charge in [-0.15, -0.1) is 0 Å². The number of hydrogen-bond donors (Lipinski definition) is 1. The largest absolute Gasteiger partial charge is 0.393 e. The van der Waals surface area contributed by atoms with Crippen molar-refractivity contribution in [3.8, 4) is 0 Å². The van der Waals surface area contributed by atoms with Gasteiger partial charge in [0.25, 0.3) is 0 Å². The number of aliphatic hydroxyl groups excluding tert-OH is 1. The molecule has 0 unspecified atom stereocenters. The van der Waals surface area contributed by atoms with Crippen LogP contribution in [0.4, 0.5) is 0 Å². The number of nitrogens with zero attached hydrogens (tertiary/aromatic N) is 2. The highest BCUT2D eigenvalue weighted by Gasteiger charge is 2.50. The van der Waals surface area contributed by atoms with Gasteiger partial charge >= 0.3 is 0 Å². The van der Waals surface area contributed by atoms with Gasteiger partial charge in [-0.1, -0.05) is 12.2 Å².